The number of ether oxygens (including phenoxy) is 2. The number of benzene rings is 1. The minimum Gasteiger partial charge on any atom is -0.487 e. The van der Waals surface area contributed by atoms with Crippen molar-refractivity contribution < 1.29 is 27.5 Å². The molecule has 11 heteroatoms. The minimum atomic E-state index is -3.70. The number of rotatable bonds is 8. The fourth-order valence-electron chi connectivity index (χ4n) is 3.12. The van der Waals surface area contributed by atoms with E-state index < -0.39 is 22.0 Å². The summed E-state index contributed by atoms with van der Waals surface area (Å²) in [4.78, 5) is 26.4. The molecule has 176 valence electrons. The summed E-state index contributed by atoms with van der Waals surface area (Å²) in [5.74, 6) is 0.531. The van der Waals surface area contributed by atoms with Gasteiger partial charge in [-0.25, -0.2) is 18.2 Å². The lowest BCUT2D eigenvalue weighted by Gasteiger charge is -2.30. The summed E-state index contributed by atoms with van der Waals surface area (Å²) < 4.78 is 37.7. The Balaban J connectivity index is 1.43. The van der Waals surface area contributed by atoms with E-state index in [2.05, 4.69) is 10.3 Å². The molecule has 0 atom stereocenters. The predicted molar refractivity (Wildman–Crippen MR) is 121 cm³/mol. The maximum Gasteiger partial charge on any atom is 0.325 e. The van der Waals surface area contributed by atoms with Crippen LogP contribution in [0.15, 0.2) is 60.3 Å². The number of carbonyl (C=O) groups is 2. The average molecular weight is 475 g/mol. The van der Waals surface area contributed by atoms with E-state index >= 15 is 0 Å². The summed E-state index contributed by atoms with van der Waals surface area (Å²) >= 11 is 0. The van der Waals surface area contributed by atoms with Crippen molar-refractivity contribution >= 4 is 22.0 Å². The van der Waals surface area contributed by atoms with Gasteiger partial charge in [0.2, 0.25) is 21.8 Å². The SMILES string of the molecule is CC(=O)NC(=O)N/C=C/S(=O)(=O)N1CCC(Oc2ccc(OCc3ccccc3)cn2)CC1. The average Bonchev–Trinajstić information content (AvgIpc) is 2.79. The molecule has 1 aliphatic rings. The first-order valence-corrected chi connectivity index (χ1v) is 11.9. The summed E-state index contributed by atoms with van der Waals surface area (Å²) in [7, 11) is -3.70. The van der Waals surface area contributed by atoms with Crippen LogP contribution in [0.3, 0.4) is 0 Å². The fraction of sp³-hybridized carbons (Fsp3) is 0.318. The number of aromatic nitrogens is 1. The Labute approximate surface area is 192 Å². The van der Waals surface area contributed by atoms with Gasteiger partial charge in [-0.15, -0.1) is 0 Å². The second-order valence-electron chi connectivity index (χ2n) is 7.33. The highest BCUT2D eigenvalue weighted by Gasteiger charge is 2.27. The number of hydrogen-bond donors (Lipinski definition) is 2. The number of sulfonamides is 1. The third-order valence-electron chi connectivity index (χ3n) is 4.75. The molecule has 0 aliphatic carbocycles. The van der Waals surface area contributed by atoms with E-state index in [1.807, 2.05) is 35.6 Å². The van der Waals surface area contributed by atoms with Gasteiger partial charge in [-0.2, -0.15) is 4.31 Å². The molecule has 0 unspecified atom stereocenters. The third-order valence-corrected chi connectivity index (χ3v) is 6.31. The highest BCUT2D eigenvalue weighted by molar-refractivity contribution is 7.92. The molecule has 33 heavy (non-hydrogen) atoms. The number of imide groups is 1. The molecular formula is C22H26N4O6S. The van der Waals surface area contributed by atoms with Gasteiger partial charge in [0.15, 0.2) is 0 Å². The smallest absolute Gasteiger partial charge is 0.325 e. The molecule has 0 bridgehead atoms. The Kier molecular flexibility index (Phi) is 8.39. The Morgan fingerprint density at radius 2 is 1.88 bits per heavy atom. The van der Waals surface area contributed by atoms with Crippen LogP contribution in [0.5, 0.6) is 11.6 Å². The van der Waals surface area contributed by atoms with E-state index in [9.17, 15) is 18.0 Å². The summed E-state index contributed by atoms with van der Waals surface area (Å²) in [6.45, 7) is 2.17. The Morgan fingerprint density at radius 3 is 2.52 bits per heavy atom. The van der Waals surface area contributed by atoms with Gasteiger partial charge >= 0.3 is 6.03 Å². The van der Waals surface area contributed by atoms with Crippen molar-refractivity contribution in [2.45, 2.75) is 32.5 Å². The van der Waals surface area contributed by atoms with Gasteiger partial charge < -0.3 is 14.8 Å². The number of hydrogen-bond acceptors (Lipinski definition) is 7. The molecule has 0 radical (unpaired) electrons. The maximum absolute atomic E-state index is 12.4. The topological polar surface area (TPSA) is 127 Å². The normalized spacial score (nSPS) is 15.2. The molecule has 3 rings (SSSR count). The van der Waals surface area contributed by atoms with E-state index in [1.54, 1.807) is 18.3 Å². The monoisotopic (exact) mass is 474 g/mol. The number of nitrogens with zero attached hydrogens (tertiary/aromatic N) is 2. The van der Waals surface area contributed by atoms with E-state index in [4.69, 9.17) is 9.47 Å². The van der Waals surface area contributed by atoms with E-state index in [-0.39, 0.29) is 19.2 Å². The third kappa shape index (κ3) is 7.88. The zero-order valence-electron chi connectivity index (χ0n) is 18.1. The molecule has 0 spiro atoms. The molecule has 2 N–H and O–H groups in total. The van der Waals surface area contributed by atoms with Crippen molar-refractivity contribution in [3.8, 4) is 11.6 Å². The quantitative estimate of drug-likeness (QED) is 0.600. The first-order chi connectivity index (χ1) is 15.8. The van der Waals surface area contributed by atoms with Gasteiger partial charge in [0.25, 0.3) is 0 Å². The number of urea groups is 1. The summed E-state index contributed by atoms with van der Waals surface area (Å²) in [5, 5.41) is 5.04. The highest BCUT2D eigenvalue weighted by atomic mass is 32.2. The van der Waals surface area contributed by atoms with Crippen molar-refractivity contribution in [3.63, 3.8) is 0 Å². The number of amides is 3. The predicted octanol–water partition coefficient (Wildman–Crippen LogP) is 2.15. The molecule has 1 aromatic carbocycles. The highest BCUT2D eigenvalue weighted by Crippen LogP contribution is 2.21. The fourth-order valence-corrected chi connectivity index (χ4v) is 4.25. The lowest BCUT2D eigenvalue weighted by molar-refractivity contribution is -0.117. The van der Waals surface area contributed by atoms with Gasteiger partial charge in [-0.05, 0) is 24.5 Å². The van der Waals surface area contributed by atoms with Crippen LogP contribution in [0.25, 0.3) is 0 Å². The largest absolute Gasteiger partial charge is 0.487 e. The summed E-state index contributed by atoms with van der Waals surface area (Å²) in [6.07, 6.45) is 3.42. The molecule has 2 heterocycles. The zero-order valence-corrected chi connectivity index (χ0v) is 19.0. The van der Waals surface area contributed by atoms with Crippen molar-refractivity contribution in [2.24, 2.45) is 0 Å². The minimum absolute atomic E-state index is 0.163. The van der Waals surface area contributed by atoms with Crippen molar-refractivity contribution in [1.29, 1.82) is 0 Å². The Bertz CT molecular complexity index is 1070. The van der Waals surface area contributed by atoms with Crippen molar-refractivity contribution in [2.75, 3.05) is 13.1 Å². The van der Waals surface area contributed by atoms with Crippen LogP contribution >= 0.6 is 0 Å². The molecule has 0 saturated carbocycles. The number of carbonyl (C=O) groups excluding carboxylic acids is 2. The number of nitrogens with one attached hydrogen (secondary N) is 2. The van der Waals surface area contributed by atoms with Crippen LogP contribution in [-0.2, 0) is 21.4 Å². The van der Waals surface area contributed by atoms with Gasteiger partial charge in [0.1, 0.15) is 18.5 Å². The summed E-state index contributed by atoms with van der Waals surface area (Å²) in [6, 6.07) is 12.5. The number of piperidine rings is 1. The first kappa shape index (κ1) is 24.2. The van der Waals surface area contributed by atoms with Crippen LogP contribution in [-0.4, -0.2) is 48.8 Å². The molecule has 3 amide bonds. The van der Waals surface area contributed by atoms with Gasteiger partial charge in [-0.1, -0.05) is 30.3 Å². The molecule has 10 nitrogen and oxygen atoms in total. The second-order valence-corrected chi connectivity index (χ2v) is 9.14. The van der Waals surface area contributed by atoms with Crippen LogP contribution < -0.4 is 20.1 Å². The van der Waals surface area contributed by atoms with E-state index in [0.29, 0.717) is 31.1 Å². The lowest BCUT2D eigenvalue weighted by atomic mass is 10.1. The van der Waals surface area contributed by atoms with Crippen LogP contribution in [0, 0.1) is 0 Å². The lowest BCUT2D eigenvalue weighted by Crippen LogP contribution is -2.41. The molecule has 2 aromatic rings. The first-order valence-electron chi connectivity index (χ1n) is 10.4. The van der Waals surface area contributed by atoms with Gasteiger partial charge in [0.05, 0.1) is 11.6 Å². The molecule has 1 aliphatic heterocycles. The molecule has 1 fully saturated rings. The Hall–Kier alpha value is -3.44. The van der Waals surface area contributed by atoms with Gasteiger partial charge in [0, 0.05) is 32.3 Å². The van der Waals surface area contributed by atoms with Crippen LogP contribution in [0.2, 0.25) is 0 Å². The van der Waals surface area contributed by atoms with Crippen molar-refractivity contribution in [3.05, 3.63) is 65.8 Å². The molecule has 1 saturated heterocycles. The Morgan fingerprint density at radius 1 is 1.15 bits per heavy atom. The summed E-state index contributed by atoms with van der Waals surface area (Å²) in [5.41, 5.74) is 1.06. The van der Waals surface area contributed by atoms with Crippen molar-refractivity contribution in [1.82, 2.24) is 19.9 Å². The second kappa shape index (κ2) is 11.4. The standard InChI is InChI=1S/C22H26N4O6S/c1-17(27)25-22(28)23-11-14-33(29,30)26-12-9-19(10-13-26)32-21-8-7-20(15-24-21)31-16-18-5-3-2-4-6-18/h2-8,11,14-15,19H,9-10,12-13,16H2,1H3,(H2,23,25,27,28)/b14-11+. The maximum atomic E-state index is 12.4. The van der Waals surface area contributed by atoms with Crippen LogP contribution in [0.4, 0.5) is 4.79 Å². The molecular weight excluding hydrogens is 448 g/mol. The zero-order chi connectivity index (χ0) is 23.7. The van der Waals surface area contributed by atoms with E-state index in [1.165, 1.54) is 11.2 Å². The molecule has 1 aromatic heterocycles. The van der Waals surface area contributed by atoms with Crippen LogP contribution in [0.1, 0.15) is 25.3 Å². The van der Waals surface area contributed by atoms with E-state index in [0.717, 1.165) is 17.2 Å². The van der Waals surface area contributed by atoms with Gasteiger partial charge in [-0.3, -0.25) is 10.1 Å². The number of pyridine rings is 1.